The number of aryl methyl sites for hydroxylation is 1. The van der Waals surface area contributed by atoms with Crippen LogP contribution >= 0.6 is 11.3 Å². The molecule has 4 aromatic rings. The Kier molecular flexibility index (Phi) is 6.30. The third-order valence-electron chi connectivity index (χ3n) is 6.13. The van der Waals surface area contributed by atoms with Gasteiger partial charge in [0.2, 0.25) is 5.91 Å². The van der Waals surface area contributed by atoms with Crippen LogP contribution in [0.4, 0.5) is 10.2 Å². The van der Waals surface area contributed by atoms with Crippen LogP contribution in [0.2, 0.25) is 0 Å². The molecule has 2 aromatic heterocycles. The van der Waals surface area contributed by atoms with Gasteiger partial charge in [0.1, 0.15) is 18.0 Å². The number of rotatable bonds is 6. The van der Waals surface area contributed by atoms with E-state index in [0.29, 0.717) is 12.8 Å². The summed E-state index contributed by atoms with van der Waals surface area (Å²) in [6.45, 7) is 1.68. The second kappa shape index (κ2) is 9.67. The highest BCUT2D eigenvalue weighted by Gasteiger charge is 2.24. The summed E-state index contributed by atoms with van der Waals surface area (Å²) < 4.78 is 14.1. The highest BCUT2D eigenvalue weighted by atomic mass is 32.1. The number of anilines is 1. The van der Waals surface area contributed by atoms with Crippen molar-refractivity contribution in [3.8, 4) is 11.1 Å². The van der Waals surface area contributed by atoms with Crippen LogP contribution < -0.4 is 10.2 Å². The molecule has 1 N–H and O–H groups in total. The van der Waals surface area contributed by atoms with Crippen LogP contribution in [0.15, 0.2) is 66.3 Å². The highest BCUT2D eigenvalue weighted by molar-refractivity contribution is 7.18. The predicted molar refractivity (Wildman–Crippen MR) is 131 cm³/mol. The molecule has 0 aliphatic carbocycles. The van der Waals surface area contributed by atoms with Crippen molar-refractivity contribution in [2.45, 2.75) is 31.7 Å². The minimum absolute atomic E-state index is 0.0490. The van der Waals surface area contributed by atoms with Crippen LogP contribution in [0, 0.1) is 5.82 Å². The molecule has 0 atom stereocenters. The van der Waals surface area contributed by atoms with E-state index in [-0.39, 0.29) is 17.8 Å². The van der Waals surface area contributed by atoms with Gasteiger partial charge in [0, 0.05) is 36.5 Å². The standard InChI is InChI=1S/C26H25FN4OS/c27-20-9-6-18(7-10-20)8-11-23(32)30-21-12-14-31(15-13-21)26-25-24(28-17-29-26)22(16-33-25)19-4-2-1-3-5-19/h1-7,9-10,16-17,21H,8,11-15H2,(H,30,32). The van der Waals surface area contributed by atoms with Gasteiger partial charge in [0.05, 0.1) is 10.2 Å². The van der Waals surface area contributed by atoms with Crippen molar-refractivity contribution in [3.63, 3.8) is 0 Å². The number of carbonyl (C=O) groups is 1. The summed E-state index contributed by atoms with van der Waals surface area (Å²) in [5.74, 6) is 0.774. The Morgan fingerprint density at radius 3 is 2.58 bits per heavy atom. The first-order chi connectivity index (χ1) is 16.2. The quantitative estimate of drug-likeness (QED) is 0.429. The first-order valence-corrected chi connectivity index (χ1v) is 12.1. The van der Waals surface area contributed by atoms with Gasteiger partial charge in [-0.3, -0.25) is 4.79 Å². The summed E-state index contributed by atoms with van der Waals surface area (Å²) in [6, 6.07) is 16.8. The number of thiophene rings is 1. The molecule has 0 spiro atoms. The molecule has 0 radical (unpaired) electrons. The van der Waals surface area contributed by atoms with Gasteiger partial charge < -0.3 is 10.2 Å². The number of piperidine rings is 1. The van der Waals surface area contributed by atoms with Gasteiger partial charge in [0.15, 0.2) is 0 Å². The number of hydrogen-bond donors (Lipinski definition) is 1. The van der Waals surface area contributed by atoms with E-state index in [1.165, 1.54) is 12.1 Å². The van der Waals surface area contributed by atoms with E-state index in [0.717, 1.165) is 58.7 Å². The van der Waals surface area contributed by atoms with Crippen molar-refractivity contribution < 1.29 is 9.18 Å². The Hall–Kier alpha value is -3.32. The maximum Gasteiger partial charge on any atom is 0.220 e. The molecule has 1 saturated heterocycles. The third kappa shape index (κ3) is 4.88. The van der Waals surface area contributed by atoms with E-state index in [9.17, 15) is 9.18 Å². The summed E-state index contributed by atoms with van der Waals surface area (Å²) >= 11 is 1.69. The van der Waals surface area contributed by atoms with E-state index in [4.69, 9.17) is 0 Å². The van der Waals surface area contributed by atoms with Crippen LogP contribution in [0.3, 0.4) is 0 Å². The number of amides is 1. The maximum atomic E-state index is 13.0. The SMILES string of the molecule is O=C(CCc1ccc(F)cc1)NC1CCN(c2ncnc3c(-c4ccccc4)csc23)CC1. The van der Waals surface area contributed by atoms with Gasteiger partial charge in [-0.25, -0.2) is 14.4 Å². The fourth-order valence-corrected chi connectivity index (χ4v) is 5.38. The Morgan fingerprint density at radius 1 is 1.06 bits per heavy atom. The van der Waals surface area contributed by atoms with Crippen molar-refractivity contribution in [1.82, 2.24) is 15.3 Å². The molecule has 5 rings (SSSR count). The summed E-state index contributed by atoms with van der Waals surface area (Å²) in [5.41, 5.74) is 4.27. The molecule has 0 bridgehead atoms. The second-order valence-electron chi connectivity index (χ2n) is 8.35. The molecule has 1 aliphatic heterocycles. The monoisotopic (exact) mass is 460 g/mol. The largest absolute Gasteiger partial charge is 0.355 e. The lowest BCUT2D eigenvalue weighted by atomic mass is 10.0. The van der Waals surface area contributed by atoms with Gasteiger partial charge in [-0.05, 0) is 42.5 Å². The zero-order valence-corrected chi connectivity index (χ0v) is 19.0. The van der Waals surface area contributed by atoms with E-state index < -0.39 is 0 Å². The van der Waals surface area contributed by atoms with Crippen molar-refractivity contribution >= 4 is 33.3 Å². The Bertz CT molecular complexity index is 1230. The minimum Gasteiger partial charge on any atom is -0.355 e. The molecule has 1 aliphatic rings. The smallest absolute Gasteiger partial charge is 0.220 e. The number of hydrogen-bond acceptors (Lipinski definition) is 5. The van der Waals surface area contributed by atoms with Gasteiger partial charge in [-0.1, -0.05) is 42.5 Å². The summed E-state index contributed by atoms with van der Waals surface area (Å²) in [7, 11) is 0. The topological polar surface area (TPSA) is 58.1 Å². The molecule has 0 unspecified atom stereocenters. The van der Waals surface area contributed by atoms with E-state index >= 15 is 0 Å². The first kappa shape index (κ1) is 21.5. The van der Waals surface area contributed by atoms with Gasteiger partial charge in [-0.2, -0.15) is 0 Å². The fraction of sp³-hybridized carbons (Fsp3) is 0.269. The molecule has 1 amide bonds. The van der Waals surface area contributed by atoms with Crippen LogP contribution in [-0.2, 0) is 11.2 Å². The zero-order valence-electron chi connectivity index (χ0n) is 18.2. The lowest BCUT2D eigenvalue weighted by Gasteiger charge is -2.33. The van der Waals surface area contributed by atoms with E-state index in [1.807, 2.05) is 18.2 Å². The number of nitrogens with zero attached hydrogens (tertiary/aromatic N) is 3. The van der Waals surface area contributed by atoms with Crippen molar-refractivity contribution in [2.75, 3.05) is 18.0 Å². The zero-order chi connectivity index (χ0) is 22.6. The summed E-state index contributed by atoms with van der Waals surface area (Å²) in [5, 5.41) is 5.32. The molecule has 5 nitrogen and oxygen atoms in total. The molecule has 2 aromatic carbocycles. The van der Waals surface area contributed by atoms with Crippen LogP contribution in [0.5, 0.6) is 0 Å². The predicted octanol–water partition coefficient (Wildman–Crippen LogP) is 5.22. The first-order valence-electron chi connectivity index (χ1n) is 11.2. The number of fused-ring (bicyclic) bond motifs is 1. The number of benzene rings is 2. The number of nitrogens with one attached hydrogen (secondary N) is 1. The Labute approximate surface area is 196 Å². The van der Waals surface area contributed by atoms with Crippen LogP contribution in [0.25, 0.3) is 21.3 Å². The Balaban J connectivity index is 1.19. The Morgan fingerprint density at radius 2 is 1.82 bits per heavy atom. The van der Waals surface area contributed by atoms with Crippen molar-refractivity contribution in [2.24, 2.45) is 0 Å². The molecule has 168 valence electrons. The lowest BCUT2D eigenvalue weighted by Crippen LogP contribution is -2.45. The molecule has 33 heavy (non-hydrogen) atoms. The molecular weight excluding hydrogens is 435 g/mol. The second-order valence-corrected chi connectivity index (χ2v) is 9.23. The van der Waals surface area contributed by atoms with Crippen molar-refractivity contribution in [1.29, 1.82) is 0 Å². The fourth-order valence-electron chi connectivity index (χ4n) is 4.33. The van der Waals surface area contributed by atoms with Gasteiger partial charge in [0.25, 0.3) is 0 Å². The van der Waals surface area contributed by atoms with Gasteiger partial charge >= 0.3 is 0 Å². The molecule has 0 saturated carbocycles. The van der Waals surface area contributed by atoms with E-state index in [1.54, 1.807) is 29.8 Å². The number of aromatic nitrogens is 2. The number of carbonyl (C=O) groups excluding carboxylic acids is 1. The average Bonchev–Trinajstić information content (AvgIpc) is 3.29. The highest BCUT2D eigenvalue weighted by Crippen LogP contribution is 2.37. The number of halogens is 1. The van der Waals surface area contributed by atoms with Crippen LogP contribution in [0.1, 0.15) is 24.8 Å². The molecule has 7 heteroatoms. The van der Waals surface area contributed by atoms with Gasteiger partial charge in [-0.15, -0.1) is 11.3 Å². The van der Waals surface area contributed by atoms with E-state index in [2.05, 4.69) is 37.7 Å². The molecule has 1 fully saturated rings. The lowest BCUT2D eigenvalue weighted by molar-refractivity contribution is -0.121. The average molecular weight is 461 g/mol. The maximum absolute atomic E-state index is 13.0. The minimum atomic E-state index is -0.255. The van der Waals surface area contributed by atoms with Crippen molar-refractivity contribution in [3.05, 3.63) is 77.7 Å². The third-order valence-corrected chi connectivity index (χ3v) is 7.10. The normalized spacial score (nSPS) is 14.5. The van der Waals surface area contributed by atoms with Crippen LogP contribution in [-0.4, -0.2) is 35.0 Å². The summed E-state index contributed by atoms with van der Waals surface area (Å²) in [6.07, 6.45) is 4.44. The summed E-state index contributed by atoms with van der Waals surface area (Å²) in [4.78, 5) is 23.9. The molecule has 3 heterocycles. The molecular formula is C26H25FN4OS.